The molecular formula is C37H24N3P. The molecule has 0 bridgehead atoms. The summed E-state index contributed by atoms with van der Waals surface area (Å²) in [7, 11) is 0. The minimum absolute atomic E-state index is 0.635. The molecule has 1 aromatic heterocycles. The Balaban J connectivity index is 1.51. The van der Waals surface area contributed by atoms with Crippen LogP contribution >= 0.6 is 6.89 Å². The zero-order chi connectivity index (χ0) is 27.8. The van der Waals surface area contributed by atoms with Crippen LogP contribution in [0.2, 0.25) is 0 Å². The van der Waals surface area contributed by atoms with Crippen LogP contribution in [0.3, 0.4) is 0 Å². The van der Waals surface area contributed by atoms with Crippen LogP contribution in [0.25, 0.3) is 33.1 Å². The minimum atomic E-state index is -2.62. The van der Waals surface area contributed by atoms with Crippen LogP contribution in [0, 0.1) is 22.7 Å². The fourth-order valence-corrected chi connectivity index (χ4v) is 9.93. The average molecular weight is 542 g/mol. The molecule has 0 unspecified atom stereocenters. The van der Waals surface area contributed by atoms with Gasteiger partial charge >= 0.3 is 0 Å². The van der Waals surface area contributed by atoms with Crippen LogP contribution in [0.4, 0.5) is 0 Å². The minimum Gasteiger partial charge on any atom is -0.309 e. The van der Waals surface area contributed by atoms with Crippen molar-refractivity contribution in [2.24, 2.45) is 0 Å². The first-order valence-electron chi connectivity index (χ1n) is 13.5. The van der Waals surface area contributed by atoms with Gasteiger partial charge in [-0.25, -0.2) is 0 Å². The molecule has 0 amide bonds. The second-order valence-electron chi connectivity index (χ2n) is 10.0. The van der Waals surface area contributed by atoms with Crippen LogP contribution in [0.15, 0.2) is 151 Å². The topological polar surface area (TPSA) is 52.5 Å². The fraction of sp³-hybridized carbons (Fsp3) is 0. The summed E-state index contributed by atoms with van der Waals surface area (Å²) in [4.78, 5) is 0. The van der Waals surface area contributed by atoms with Gasteiger partial charge in [0.15, 0.2) is 0 Å². The molecule has 0 saturated heterocycles. The van der Waals surface area contributed by atoms with Gasteiger partial charge in [0, 0.05) is 23.3 Å². The molecule has 41 heavy (non-hydrogen) atoms. The van der Waals surface area contributed by atoms with E-state index < -0.39 is 6.89 Å². The highest BCUT2D eigenvalue weighted by molar-refractivity contribution is 7.93. The van der Waals surface area contributed by atoms with Crippen LogP contribution in [0.5, 0.6) is 0 Å². The molecule has 0 N–H and O–H groups in total. The largest absolute Gasteiger partial charge is 0.309 e. The van der Waals surface area contributed by atoms with E-state index in [0.29, 0.717) is 10.6 Å². The Morgan fingerprint density at radius 1 is 0.537 bits per heavy atom. The molecule has 7 rings (SSSR count). The summed E-state index contributed by atoms with van der Waals surface area (Å²) in [5.74, 6) is 0. The summed E-state index contributed by atoms with van der Waals surface area (Å²) in [5, 5.41) is 26.8. The number of nitriles is 2. The van der Waals surface area contributed by atoms with Gasteiger partial charge in [-0.15, -0.1) is 0 Å². The van der Waals surface area contributed by atoms with E-state index in [1.807, 2.05) is 78.9 Å². The molecule has 0 atom stereocenters. The van der Waals surface area contributed by atoms with E-state index in [2.05, 4.69) is 83.4 Å². The molecule has 5 aromatic carbocycles. The van der Waals surface area contributed by atoms with Crippen molar-refractivity contribution in [1.82, 2.24) is 4.57 Å². The maximum absolute atomic E-state index is 10.6. The van der Waals surface area contributed by atoms with Gasteiger partial charge in [0.2, 0.25) is 0 Å². The van der Waals surface area contributed by atoms with E-state index in [0.717, 1.165) is 49.2 Å². The van der Waals surface area contributed by atoms with Crippen molar-refractivity contribution in [2.45, 2.75) is 0 Å². The summed E-state index contributed by atoms with van der Waals surface area (Å²) >= 11 is 0. The first-order chi connectivity index (χ1) is 20.3. The van der Waals surface area contributed by atoms with E-state index in [4.69, 9.17) is 0 Å². The van der Waals surface area contributed by atoms with Gasteiger partial charge < -0.3 is 4.57 Å². The lowest BCUT2D eigenvalue weighted by Crippen LogP contribution is -2.24. The van der Waals surface area contributed by atoms with E-state index in [9.17, 15) is 10.5 Å². The third-order valence-corrected chi connectivity index (χ3v) is 11.9. The molecule has 4 heteroatoms. The zero-order valence-corrected chi connectivity index (χ0v) is 23.0. The number of fused-ring (bicyclic) bond motifs is 3. The van der Waals surface area contributed by atoms with Gasteiger partial charge in [-0.05, 0) is 64.2 Å². The van der Waals surface area contributed by atoms with Crippen molar-refractivity contribution in [3.8, 4) is 17.8 Å². The molecule has 1 aliphatic heterocycles. The Morgan fingerprint density at radius 2 is 1.12 bits per heavy atom. The molecule has 0 radical (unpaired) electrons. The van der Waals surface area contributed by atoms with Gasteiger partial charge in [-0.1, -0.05) is 103 Å². The number of para-hydroxylation sites is 2. The number of hydrogen-bond donors (Lipinski definition) is 0. The molecular weight excluding hydrogens is 517 g/mol. The highest BCUT2D eigenvalue weighted by Gasteiger charge is 2.34. The summed E-state index contributed by atoms with van der Waals surface area (Å²) < 4.78 is 2.29. The first-order valence-corrected chi connectivity index (χ1v) is 15.3. The summed E-state index contributed by atoms with van der Waals surface area (Å²) in [6, 6.07) is 50.4. The highest BCUT2D eigenvalue weighted by Crippen LogP contribution is 2.57. The van der Waals surface area contributed by atoms with Gasteiger partial charge in [-0.3, -0.25) is 0 Å². The fourth-order valence-electron chi connectivity index (χ4n) is 6.06. The highest BCUT2D eigenvalue weighted by atomic mass is 31.2. The molecule has 3 nitrogen and oxygen atoms in total. The van der Waals surface area contributed by atoms with Crippen molar-refractivity contribution >= 4 is 50.2 Å². The Kier molecular flexibility index (Phi) is 6.02. The molecule has 0 fully saturated rings. The number of aromatic nitrogens is 1. The second-order valence-corrected chi connectivity index (χ2v) is 13.3. The van der Waals surface area contributed by atoms with Crippen molar-refractivity contribution in [2.75, 3.05) is 0 Å². The lowest BCUT2D eigenvalue weighted by atomic mass is 10.0. The third-order valence-electron chi connectivity index (χ3n) is 7.84. The quantitative estimate of drug-likeness (QED) is 0.213. The van der Waals surface area contributed by atoms with E-state index in [1.165, 1.54) is 0 Å². The van der Waals surface area contributed by atoms with Crippen LogP contribution in [-0.4, -0.2) is 9.86 Å². The Labute approximate surface area is 239 Å². The molecule has 0 spiro atoms. The van der Waals surface area contributed by atoms with Crippen molar-refractivity contribution in [3.63, 3.8) is 0 Å². The van der Waals surface area contributed by atoms with E-state index >= 15 is 0 Å². The SMILES string of the molecule is N#CC1=CC(c2ccc3c(c2)c2ccccc2n3-c2ccccc2)=CC(C#N)=P1(c1ccccc1)c1ccccc1. The maximum Gasteiger partial charge on any atom is 0.100 e. The second kappa shape index (κ2) is 10.0. The predicted molar refractivity (Wildman–Crippen MR) is 172 cm³/mol. The number of hydrogen-bond acceptors (Lipinski definition) is 2. The number of rotatable bonds is 4. The predicted octanol–water partition coefficient (Wildman–Crippen LogP) is 7.95. The zero-order valence-electron chi connectivity index (χ0n) is 22.1. The molecule has 6 aromatic rings. The summed E-state index contributed by atoms with van der Waals surface area (Å²) in [6.45, 7) is -2.62. The normalized spacial score (nSPS) is 14.2. The smallest absolute Gasteiger partial charge is 0.100 e. The van der Waals surface area contributed by atoms with Crippen molar-refractivity contribution < 1.29 is 0 Å². The lowest BCUT2D eigenvalue weighted by Gasteiger charge is -2.31. The third kappa shape index (κ3) is 3.80. The van der Waals surface area contributed by atoms with Gasteiger partial charge in [-0.2, -0.15) is 10.5 Å². The first kappa shape index (κ1) is 24.7. The van der Waals surface area contributed by atoms with Crippen molar-refractivity contribution in [3.05, 3.63) is 156 Å². The average Bonchev–Trinajstić information content (AvgIpc) is 3.39. The lowest BCUT2D eigenvalue weighted by molar-refractivity contribution is 1.18. The number of nitrogens with zero attached hydrogens (tertiary/aromatic N) is 3. The summed E-state index contributed by atoms with van der Waals surface area (Å²) in [5.41, 5.74) is 5.21. The van der Waals surface area contributed by atoms with E-state index in [1.54, 1.807) is 0 Å². The van der Waals surface area contributed by atoms with Crippen LogP contribution < -0.4 is 10.6 Å². The summed E-state index contributed by atoms with van der Waals surface area (Å²) in [6.07, 6.45) is 4.01. The number of allylic oxidation sites excluding steroid dienone is 4. The Bertz CT molecular complexity index is 2110. The van der Waals surface area contributed by atoms with Crippen LogP contribution in [0.1, 0.15) is 5.56 Å². The van der Waals surface area contributed by atoms with Crippen molar-refractivity contribution in [1.29, 1.82) is 10.5 Å². The maximum atomic E-state index is 10.6. The van der Waals surface area contributed by atoms with Gasteiger partial charge in [0.25, 0.3) is 0 Å². The molecule has 2 heterocycles. The Morgan fingerprint density at radius 3 is 1.76 bits per heavy atom. The van der Waals surface area contributed by atoms with E-state index in [-0.39, 0.29) is 0 Å². The molecule has 0 aliphatic carbocycles. The van der Waals surface area contributed by atoms with Gasteiger partial charge in [0.05, 0.1) is 21.6 Å². The molecule has 1 aliphatic rings. The number of benzene rings is 5. The standard InChI is InChI=1S/C37H24N3P/c38-25-32-22-28(23-33(26-39)41(32,30-14-6-2-7-15-30)31-16-8-3-9-17-31)27-20-21-37-35(24-27)34-18-10-11-19-36(34)40(37)29-12-4-1-5-13-29/h1-24H. The van der Waals surface area contributed by atoms with Crippen LogP contribution in [-0.2, 0) is 0 Å². The molecule has 192 valence electrons. The molecule has 0 saturated carbocycles. The Hall–Kier alpha value is -5.34. The monoisotopic (exact) mass is 541 g/mol. The van der Waals surface area contributed by atoms with Gasteiger partial charge in [0.1, 0.15) is 12.1 Å².